The Morgan fingerprint density at radius 1 is 0.345 bits per heavy atom. The Morgan fingerprint density at radius 2 is 0.552 bits per heavy atom. The maximum Gasteiger partial charge on any atom is 0.483 e. The fourth-order valence-corrected chi connectivity index (χ4v) is 0.840. The minimum atomic E-state index is -7.57. The minimum Gasteiger partial charge on any atom is -0.329 e. The topological polar surface area (TPSA) is 47.9 Å². The summed E-state index contributed by atoms with van der Waals surface area (Å²) in [4.78, 5) is 0. The minimum absolute atomic E-state index is 1.27. The van der Waals surface area contributed by atoms with Gasteiger partial charge in [-0.05, 0) is 0 Å². The zero-order valence-electron chi connectivity index (χ0n) is 12.1. The van der Waals surface area contributed by atoms with E-state index in [9.17, 15) is 74.6 Å². The highest BCUT2D eigenvalue weighted by Crippen LogP contribution is 2.51. The van der Waals surface area contributed by atoms with Gasteiger partial charge >= 0.3 is 48.9 Å². The first-order chi connectivity index (χ1) is 12.1. The van der Waals surface area contributed by atoms with E-state index < -0.39 is 48.9 Å². The number of hydrogen-bond donors (Lipinski definition) is 1. The van der Waals surface area contributed by atoms with Crippen LogP contribution in [-0.4, -0.2) is 54.0 Å². The van der Waals surface area contributed by atoms with Crippen LogP contribution in [0, 0.1) is 0 Å². The van der Waals surface area contributed by atoms with Crippen molar-refractivity contribution < 1.29 is 94.0 Å². The predicted molar refractivity (Wildman–Crippen MR) is 46.2 cm³/mol. The molecule has 0 unspecified atom stereocenters. The van der Waals surface area contributed by atoms with E-state index in [0.717, 1.165) is 0 Å². The maximum absolute atomic E-state index is 12.8. The van der Waals surface area contributed by atoms with Gasteiger partial charge in [-0.25, -0.2) is 14.2 Å². The molecule has 176 valence electrons. The number of rotatable bonds is 9. The van der Waals surface area contributed by atoms with E-state index >= 15 is 0 Å². The third-order valence-corrected chi connectivity index (χ3v) is 2.13. The lowest BCUT2D eigenvalue weighted by molar-refractivity contribution is -0.576. The Kier molecular flexibility index (Phi) is 6.78. The van der Waals surface area contributed by atoms with Crippen molar-refractivity contribution in [3.8, 4) is 0 Å². The van der Waals surface area contributed by atoms with Gasteiger partial charge in [0.15, 0.2) is 0 Å². The van der Waals surface area contributed by atoms with Gasteiger partial charge < -0.3 is 5.11 Å². The van der Waals surface area contributed by atoms with Gasteiger partial charge in [-0.3, -0.25) is 0 Å². The Labute approximate surface area is 144 Å². The van der Waals surface area contributed by atoms with Crippen LogP contribution >= 0.6 is 0 Å². The molecule has 0 amide bonds. The highest BCUT2D eigenvalue weighted by Gasteiger charge is 2.77. The monoisotopic (exact) mass is 484 g/mol. The second-order valence-electron chi connectivity index (χ2n) is 4.45. The largest absolute Gasteiger partial charge is 0.483 e. The number of aliphatic hydroxyl groups is 1. The second-order valence-corrected chi connectivity index (χ2v) is 4.45. The molecule has 0 aromatic carbocycles. The van der Waals surface area contributed by atoms with Gasteiger partial charge in [-0.15, -0.1) is 0 Å². The summed E-state index contributed by atoms with van der Waals surface area (Å²) in [6.07, 6.45) is -58.2. The number of ether oxygens (including phenoxy) is 3. The fourth-order valence-electron chi connectivity index (χ4n) is 0.840. The molecule has 0 radical (unpaired) electrons. The summed E-state index contributed by atoms with van der Waals surface area (Å²) in [5, 5.41) is 7.43. The van der Waals surface area contributed by atoms with Crippen LogP contribution in [0.25, 0.3) is 0 Å². The van der Waals surface area contributed by atoms with Crippen LogP contribution in [0.3, 0.4) is 0 Å². The standard InChI is InChI=1S/C8HF17O4/c9-1(10,11)3(14,15)27-5(18,19)7(22,23)29-8(24,25)6(20,21)28-4(16,17)2(12,13)26/h26H. The van der Waals surface area contributed by atoms with Crippen LogP contribution in [0.2, 0.25) is 0 Å². The van der Waals surface area contributed by atoms with E-state index in [1.807, 2.05) is 0 Å². The van der Waals surface area contributed by atoms with Crippen LogP contribution in [0.5, 0.6) is 0 Å². The van der Waals surface area contributed by atoms with E-state index in [-0.39, 0.29) is 0 Å². The molecule has 0 aromatic heterocycles. The summed E-state index contributed by atoms with van der Waals surface area (Å²) >= 11 is 0. The molecule has 0 saturated carbocycles. The summed E-state index contributed by atoms with van der Waals surface area (Å²) < 4.78 is 213. The smallest absolute Gasteiger partial charge is 0.329 e. The molecule has 0 aliphatic heterocycles. The van der Waals surface area contributed by atoms with Crippen molar-refractivity contribution in [3.63, 3.8) is 0 Å². The Morgan fingerprint density at radius 3 is 0.759 bits per heavy atom. The summed E-state index contributed by atoms with van der Waals surface area (Å²) in [6.45, 7) is 0. The third kappa shape index (κ3) is 5.84. The van der Waals surface area contributed by atoms with Gasteiger partial charge in [-0.1, -0.05) is 0 Å². The number of hydrogen-bond acceptors (Lipinski definition) is 4. The molecule has 4 nitrogen and oxygen atoms in total. The second kappa shape index (κ2) is 7.11. The van der Waals surface area contributed by atoms with Gasteiger partial charge in [0, 0.05) is 0 Å². The van der Waals surface area contributed by atoms with E-state index in [2.05, 4.69) is 0 Å². The molecule has 0 heterocycles. The van der Waals surface area contributed by atoms with Gasteiger partial charge in [0.2, 0.25) is 0 Å². The average molecular weight is 484 g/mol. The van der Waals surface area contributed by atoms with Crippen molar-refractivity contribution in [1.82, 2.24) is 0 Å². The molecular weight excluding hydrogens is 483 g/mol. The average Bonchev–Trinajstić information content (AvgIpc) is 2.30. The van der Waals surface area contributed by atoms with Gasteiger partial charge in [0.05, 0.1) is 0 Å². The Bertz CT molecular complexity index is 525. The molecular formula is C8HF17O4. The molecule has 0 atom stereocenters. The highest BCUT2D eigenvalue weighted by molar-refractivity contribution is 4.79. The van der Waals surface area contributed by atoms with Gasteiger partial charge in [-0.2, -0.15) is 74.6 Å². The maximum atomic E-state index is 12.8. The van der Waals surface area contributed by atoms with E-state index in [4.69, 9.17) is 5.11 Å². The summed E-state index contributed by atoms with van der Waals surface area (Å²) in [6, 6.07) is 0. The fraction of sp³-hybridized carbons (Fsp3) is 1.00. The first kappa shape index (κ1) is 27.6. The van der Waals surface area contributed by atoms with Crippen LogP contribution in [0.1, 0.15) is 0 Å². The molecule has 0 bridgehead atoms. The van der Waals surface area contributed by atoms with Crippen molar-refractivity contribution >= 4 is 0 Å². The number of alkyl halides is 17. The Hall–Kier alpha value is -1.35. The van der Waals surface area contributed by atoms with Crippen LogP contribution in [-0.2, 0) is 14.2 Å². The van der Waals surface area contributed by atoms with Crippen molar-refractivity contribution in [2.45, 2.75) is 48.9 Å². The number of halogens is 17. The molecule has 0 aliphatic rings. The molecule has 0 aliphatic carbocycles. The zero-order chi connectivity index (χ0) is 24.1. The summed E-state index contributed by atoms with van der Waals surface area (Å²) in [5.74, 6) is 0. The van der Waals surface area contributed by atoms with E-state index in [0.29, 0.717) is 0 Å². The normalized spacial score (nSPS) is 16.3. The summed E-state index contributed by atoms with van der Waals surface area (Å²) in [7, 11) is 0. The molecule has 1 N–H and O–H groups in total. The lowest BCUT2D eigenvalue weighted by atomic mass is 10.5. The molecule has 0 aromatic rings. The SMILES string of the molecule is OC(F)(F)C(F)(F)OC(F)(F)C(F)(F)OC(F)(F)C(F)(F)OC(F)(F)C(F)(F)F. The third-order valence-electron chi connectivity index (χ3n) is 2.13. The first-order valence-electron chi connectivity index (χ1n) is 5.66. The van der Waals surface area contributed by atoms with Crippen LogP contribution in [0.15, 0.2) is 0 Å². The molecule has 0 spiro atoms. The van der Waals surface area contributed by atoms with Crippen LogP contribution in [0.4, 0.5) is 74.6 Å². The van der Waals surface area contributed by atoms with E-state index in [1.165, 1.54) is 14.2 Å². The lowest BCUT2D eigenvalue weighted by Crippen LogP contribution is -2.60. The Balaban J connectivity index is 5.78. The molecule has 0 saturated heterocycles. The van der Waals surface area contributed by atoms with Gasteiger partial charge in [0.1, 0.15) is 0 Å². The predicted octanol–water partition coefficient (Wildman–Crippen LogP) is 4.74. The van der Waals surface area contributed by atoms with Crippen LogP contribution < -0.4 is 0 Å². The van der Waals surface area contributed by atoms with Crippen molar-refractivity contribution in [2.24, 2.45) is 0 Å². The van der Waals surface area contributed by atoms with Crippen molar-refractivity contribution in [2.75, 3.05) is 0 Å². The molecule has 0 rings (SSSR count). The molecule has 21 heteroatoms. The molecule has 29 heavy (non-hydrogen) atoms. The van der Waals surface area contributed by atoms with Crippen molar-refractivity contribution in [3.05, 3.63) is 0 Å². The highest BCUT2D eigenvalue weighted by atomic mass is 19.4. The first-order valence-corrected chi connectivity index (χ1v) is 5.66. The zero-order valence-corrected chi connectivity index (χ0v) is 12.1. The lowest BCUT2D eigenvalue weighted by Gasteiger charge is -2.34. The van der Waals surface area contributed by atoms with E-state index in [1.54, 1.807) is 0 Å². The molecule has 0 fully saturated rings. The van der Waals surface area contributed by atoms with Crippen molar-refractivity contribution in [1.29, 1.82) is 0 Å². The van der Waals surface area contributed by atoms with Gasteiger partial charge in [0.25, 0.3) is 0 Å². The summed E-state index contributed by atoms with van der Waals surface area (Å²) in [5.41, 5.74) is 0. The quantitative estimate of drug-likeness (QED) is 0.481.